The lowest BCUT2D eigenvalue weighted by Crippen LogP contribution is -2.30. The number of aromatic hydroxyl groups is 1. The van der Waals surface area contributed by atoms with Crippen molar-refractivity contribution in [3.05, 3.63) is 66.7 Å². The van der Waals surface area contributed by atoms with E-state index in [0.29, 0.717) is 34.7 Å². The number of phenolic OH excluding ortho intramolecular Hbond substituents is 1. The summed E-state index contributed by atoms with van der Waals surface area (Å²) < 4.78 is 34.4. The molecule has 0 aliphatic heterocycles. The molecule has 3 aromatic carbocycles. The number of carbonyl (C=O) groups is 1. The summed E-state index contributed by atoms with van der Waals surface area (Å²) in [6, 6.07) is 17.5. The van der Waals surface area contributed by atoms with E-state index in [9.17, 15) is 18.3 Å². The average Bonchev–Trinajstić information content (AvgIpc) is 2.88. The minimum absolute atomic E-state index is 0.0493. The van der Waals surface area contributed by atoms with E-state index in [1.165, 1.54) is 37.4 Å². The summed E-state index contributed by atoms with van der Waals surface area (Å²) in [7, 11) is -0.854. The number of ether oxygens (including phenoxy) is 1. The monoisotopic (exact) mass is 536 g/mol. The van der Waals surface area contributed by atoms with Crippen LogP contribution < -0.4 is 20.1 Å². The number of hydrogen-bond acceptors (Lipinski definition) is 9. The number of likely N-dealkylation sites (N-methyl/N-ethyl adjacent to an activating group) is 1. The molecule has 1 heterocycles. The van der Waals surface area contributed by atoms with Gasteiger partial charge in [-0.15, -0.1) is 0 Å². The quantitative estimate of drug-likeness (QED) is 0.238. The largest absolute Gasteiger partial charge is 0.508 e. The van der Waals surface area contributed by atoms with Crippen LogP contribution in [0.15, 0.2) is 71.6 Å². The molecule has 38 heavy (non-hydrogen) atoms. The zero-order valence-electron chi connectivity index (χ0n) is 21.1. The highest BCUT2D eigenvalue weighted by Gasteiger charge is 2.20. The number of anilines is 4. The normalized spacial score (nSPS) is 11.4. The Kier molecular flexibility index (Phi) is 7.93. The predicted molar refractivity (Wildman–Crippen MR) is 147 cm³/mol. The van der Waals surface area contributed by atoms with E-state index in [1.807, 2.05) is 18.9 Å². The highest BCUT2D eigenvalue weighted by Crippen LogP contribution is 2.31. The third-order valence-corrected chi connectivity index (χ3v) is 6.91. The van der Waals surface area contributed by atoms with Crippen LogP contribution in [0.3, 0.4) is 0 Å². The van der Waals surface area contributed by atoms with Crippen LogP contribution in [-0.2, 0) is 14.8 Å². The lowest BCUT2D eigenvalue weighted by Gasteiger charge is -2.15. The molecule has 0 aliphatic carbocycles. The van der Waals surface area contributed by atoms with Crippen molar-refractivity contribution < 1.29 is 23.1 Å². The van der Waals surface area contributed by atoms with E-state index in [2.05, 4.69) is 25.3 Å². The van der Waals surface area contributed by atoms with Crippen LogP contribution in [-0.4, -0.2) is 61.5 Å². The van der Waals surface area contributed by atoms with Crippen molar-refractivity contribution in [2.75, 3.05) is 42.6 Å². The van der Waals surface area contributed by atoms with Gasteiger partial charge in [0.25, 0.3) is 10.0 Å². The molecule has 0 saturated heterocycles. The summed E-state index contributed by atoms with van der Waals surface area (Å²) in [5.41, 5.74) is 1.77. The third-order valence-electron chi connectivity index (χ3n) is 5.57. The Labute approximate surface area is 220 Å². The minimum Gasteiger partial charge on any atom is -0.508 e. The molecule has 11 nitrogen and oxygen atoms in total. The molecular weight excluding hydrogens is 508 g/mol. The fourth-order valence-electron chi connectivity index (χ4n) is 3.55. The number of carbonyl (C=O) groups excluding carboxylic acids is 1. The standard InChI is InChI=1S/C26H28N6O5S/c1-4-32(2)16-24(34)27-17-8-7-9-21(14-17)38(35,36)31-26-25(29-22-10-5-6-11-23(22)30-26)28-18-12-19(33)15-20(13-18)37-3/h5-15,33H,4,16H2,1-3H3,(H,27,34)(H,28,29)(H,30,31). The second-order valence-corrected chi connectivity index (χ2v) is 10.1. The Balaban J connectivity index is 1.66. The van der Waals surface area contributed by atoms with E-state index in [1.54, 1.807) is 36.4 Å². The van der Waals surface area contributed by atoms with Crippen LogP contribution in [0.5, 0.6) is 11.5 Å². The summed E-state index contributed by atoms with van der Waals surface area (Å²) >= 11 is 0. The molecule has 0 spiro atoms. The van der Waals surface area contributed by atoms with Crippen LogP contribution in [0.25, 0.3) is 11.0 Å². The van der Waals surface area contributed by atoms with E-state index in [4.69, 9.17) is 4.74 Å². The number of phenols is 1. The molecular formula is C26H28N6O5S. The number of aromatic nitrogens is 2. The first-order chi connectivity index (χ1) is 18.2. The number of fused-ring (bicyclic) bond motifs is 1. The SMILES string of the molecule is CCN(C)CC(=O)Nc1cccc(S(=O)(=O)Nc2nc3ccccc3nc2Nc2cc(O)cc(OC)c2)c1. The first kappa shape index (κ1) is 26.6. The molecule has 1 aromatic heterocycles. The molecule has 198 valence electrons. The molecule has 4 aromatic rings. The first-order valence-corrected chi connectivity index (χ1v) is 13.2. The van der Waals surface area contributed by atoms with Gasteiger partial charge in [0.2, 0.25) is 5.91 Å². The summed E-state index contributed by atoms with van der Waals surface area (Å²) in [5, 5.41) is 15.8. The molecule has 0 bridgehead atoms. The van der Waals surface area contributed by atoms with Crippen molar-refractivity contribution in [2.45, 2.75) is 11.8 Å². The maximum atomic E-state index is 13.4. The maximum Gasteiger partial charge on any atom is 0.263 e. The summed E-state index contributed by atoms with van der Waals surface area (Å²) in [5.74, 6) is 0.154. The number of benzene rings is 3. The van der Waals surface area contributed by atoms with Crippen molar-refractivity contribution in [1.82, 2.24) is 14.9 Å². The van der Waals surface area contributed by atoms with Gasteiger partial charge in [-0.2, -0.15) is 0 Å². The number of sulfonamides is 1. The minimum atomic E-state index is -4.13. The van der Waals surface area contributed by atoms with Crippen molar-refractivity contribution in [2.24, 2.45) is 0 Å². The zero-order chi connectivity index (χ0) is 27.3. The van der Waals surface area contributed by atoms with Crippen LogP contribution in [0.1, 0.15) is 6.92 Å². The van der Waals surface area contributed by atoms with Gasteiger partial charge in [0, 0.05) is 29.6 Å². The Morgan fingerprint density at radius 1 is 0.974 bits per heavy atom. The fraction of sp³-hybridized carbons (Fsp3) is 0.192. The number of para-hydroxylation sites is 2. The Hall–Kier alpha value is -4.42. The number of methoxy groups -OCH3 is 1. The Morgan fingerprint density at radius 3 is 2.37 bits per heavy atom. The topological polar surface area (TPSA) is 146 Å². The second-order valence-electron chi connectivity index (χ2n) is 8.47. The van der Waals surface area contributed by atoms with Crippen LogP contribution >= 0.6 is 0 Å². The van der Waals surface area contributed by atoms with Crippen molar-refractivity contribution in [1.29, 1.82) is 0 Å². The van der Waals surface area contributed by atoms with E-state index >= 15 is 0 Å². The zero-order valence-corrected chi connectivity index (χ0v) is 21.9. The maximum absolute atomic E-state index is 13.4. The first-order valence-electron chi connectivity index (χ1n) is 11.7. The van der Waals surface area contributed by atoms with Gasteiger partial charge in [-0.1, -0.05) is 25.1 Å². The van der Waals surface area contributed by atoms with Crippen molar-refractivity contribution in [3.8, 4) is 11.5 Å². The molecule has 0 aliphatic rings. The smallest absolute Gasteiger partial charge is 0.263 e. The van der Waals surface area contributed by atoms with Gasteiger partial charge in [0.1, 0.15) is 11.5 Å². The Bertz CT molecular complexity index is 1580. The molecule has 4 rings (SSSR count). The van der Waals surface area contributed by atoms with Crippen LogP contribution in [0.4, 0.5) is 23.0 Å². The van der Waals surface area contributed by atoms with Gasteiger partial charge in [-0.05, 0) is 43.9 Å². The predicted octanol–water partition coefficient (Wildman–Crippen LogP) is 3.78. The third kappa shape index (κ3) is 6.47. The van der Waals surface area contributed by atoms with Gasteiger partial charge >= 0.3 is 0 Å². The Morgan fingerprint density at radius 2 is 1.68 bits per heavy atom. The number of amides is 1. The fourth-order valence-corrected chi connectivity index (χ4v) is 4.61. The number of nitrogens with zero attached hydrogens (tertiary/aromatic N) is 3. The van der Waals surface area contributed by atoms with Crippen LogP contribution in [0, 0.1) is 0 Å². The lowest BCUT2D eigenvalue weighted by atomic mass is 10.2. The summed E-state index contributed by atoms with van der Waals surface area (Å²) in [6.45, 7) is 2.81. The van der Waals surface area contributed by atoms with Crippen LogP contribution in [0.2, 0.25) is 0 Å². The van der Waals surface area contributed by atoms with Gasteiger partial charge < -0.3 is 20.5 Å². The molecule has 0 fully saturated rings. The van der Waals surface area contributed by atoms with Crippen molar-refractivity contribution >= 4 is 50.0 Å². The van der Waals surface area contributed by atoms with Gasteiger partial charge in [-0.25, -0.2) is 18.4 Å². The van der Waals surface area contributed by atoms with Crippen molar-refractivity contribution in [3.63, 3.8) is 0 Å². The number of nitrogens with one attached hydrogen (secondary N) is 3. The van der Waals surface area contributed by atoms with E-state index < -0.39 is 10.0 Å². The summed E-state index contributed by atoms with van der Waals surface area (Å²) in [4.78, 5) is 23.0. The second kappa shape index (κ2) is 11.3. The molecule has 0 saturated carbocycles. The highest BCUT2D eigenvalue weighted by atomic mass is 32.2. The molecule has 0 unspecified atom stereocenters. The van der Waals surface area contributed by atoms with Gasteiger partial charge in [0.15, 0.2) is 11.6 Å². The van der Waals surface area contributed by atoms with E-state index in [0.717, 1.165) is 0 Å². The molecule has 4 N–H and O–H groups in total. The van der Waals surface area contributed by atoms with Gasteiger partial charge in [0.05, 0.1) is 29.6 Å². The molecule has 0 radical (unpaired) electrons. The average molecular weight is 537 g/mol. The summed E-state index contributed by atoms with van der Waals surface area (Å²) in [6.07, 6.45) is 0. The highest BCUT2D eigenvalue weighted by molar-refractivity contribution is 7.92. The molecule has 12 heteroatoms. The number of hydrogen-bond donors (Lipinski definition) is 4. The molecule has 1 amide bonds. The lowest BCUT2D eigenvalue weighted by molar-refractivity contribution is -0.117. The number of rotatable bonds is 10. The van der Waals surface area contributed by atoms with E-state index in [-0.39, 0.29) is 34.7 Å². The van der Waals surface area contributed by atoms with Gasteiger partial charge in [-0.3, -0.25) is 14.4 Å². The molecule has 0 atom stereocenters.